The van der Waals surface area contributed by atoms with E-state index in [0.717, 1.165) is 67.7 Å². The Morgan fingerprint density at radius 1 is 0.524 bits per heavy atom. The summed E-state index contributed by atoms with van der Waals surface area (Å²) in [6.45, 7) is 5.38. The fraction of sp³-hybridized carbons (Fsp3) is 0.647. The summed E-state index contributed by atoms with van der Waals surface area (Å²) in [6.07, 6.45) is 8.29. The molecule has 8 heteroatoms. The molecule has 2 aromatic rings. The van der Waals surface area contributed by atoms with Gasteiger partial charge in [0.15, 0.2) is 23.0 Å². The lowest BCUT2D eigenvalue weighted by Crippen LogP contribution is -2.55. The molecule has 4 aliphatic heterocycles. The molecule has 0 aromatic heterocycles. The van der Waals surface area contributed by atoms with Gasteiger partial charge in [0, 0.05) is 0 Å². The van der Waals surface area contributed by atoms with Gasteiger partial charge in [0.1, 0.15) is 50.8 Å². The Hall–Kier alpha value is -2.52. The monoisotopic (exact) mass is 576 g/mol. The second-order valence-electron chi connectivity index (χ2n) is 13.9. The van der Waals surface area contributed by atoms with Crippen molar-refractivity contribution in [3.63, 3.8) is 0 Å². The molecule has 4 bridgehead atoms. The van der Waals surface area contributed by atoms with Crippen LogP contribution in [0.15, 0.2) is 36.4 Å². The Labute approximate surface area is 246 Å². The number of rotatable bonds is 14. The largest absolute Gasteiger partial charge is 0.487 e. The van der Waals surface area contributed by atoms with E-state index in [9.17, 15) is 0 Å². The van der Waals surface area contributed by atoms with Crippen LogP contribution in [0.1, 0.15) is 49.7 Å². The maximum absolute atomic E-state index is 6.31. The first-order chi connectivity index (χ1) is 20.6. The summed E-state index contributed by atoms with van der Waals surface area (Å²) in [5.41, 5.74) is 3.07. The highest BCUT2D eigenvalue weighted by Gasteiger charge is 2.59. The molecule has 4 atom stereocenters. The highest BCUT2D eigenvalue weighted by atomic mass is 16.6. The van der Waals surface area contributed by atoms with Crippen LogP contribution in [0.4, 0.5) is 0 Å². The van der Waals surface area contributed by atoms with Crippen LogP contribution in [0.5, 0.6) is 23.0 Å². The molecule has 4 aliphatic carbocycles. The van der Waals surface area contributed by atoms with Gasteiger partial charge in [-0.05, 0) is 96.6 Å². The molecular weight excluding hydrogens is 536 g/mol. The van der Waals surface area contributed by atoms with Crippen molar-refractivity contribution >= 4 is 0 Å². The predicted molar refractivity (Wildman–Crippen MR) is 152 cm³/mol. The van der Waals surface area contributed by atoms with Gasteiger partial charge in [-0.1, -0.05) is 12.1 Å². The van der Waals surface area contributed by atoms with E-state index in [-0.39, 0.29) is 35.2 Å². The summed E-state index contributed by atoms with van der Waals surface area (Å²) in [5.74, 6) is 4.75. The second-order valence-corrected chi connectivity index (χ2v) is 13.9. The summed E-state index contributed by atoms with van der Waals surface area (Å²) in [6, 6.07) is 13.5. The molecule has 8 fully saturated rings. The number of hydrogen-bond donors (Lipinski definition) is 0. The van der Waals surface area contributed by atoms with Crippen molar-refractivity contribution in [1.29, 1.82) is 0 Å². The minimum absolute atomic E-state index is 0.137. The number of benzene rings is 2. The zero-order valence-corrected chi connectivity index (χ0v) is 24.1. The Balaban J connectivity index is 1.02. The molecule has 4 heterocycles. The first-order valence-corrected chi connectivity index (χ1v) is 15.9. The van der Waals surface area contributed by atoms with E-state index in [0.29, 0.717) is 26.4 Å². The Morgan fingerprint density at radius 2 is 0.881 bits per heavy atom. The molecule has 4 unspecified atom stereocenters. The van der Waals surface area contributed by atoms with E-state index in [2.05, 4.69) is 36.4 Å². The number of epoxide rings is 4. The summed E-state index contributed by atoms with van der Waals surface area (Å²) < 4.78 is 46.5. The van der Waals surface area contributed by atoms with Gasteiger partial charge in [-0.3, -0.25) is 0 Å². The van der Waals surface area contributed by atoms with Crippen LogP contribution in [0.3, 0.4) is 0 Å². The lowest BCUT2D eigenvalue weighted by Gasteiger charge is -2.62. The average Bonchev–Trinajstić information content (AvgIpc) is 3.81. The molecule has 0 N–H and O–H groups in total. The van der Waals surface area contributed by atoms with Crippen molar-refractivity contribution in [2.45, 2.75) is 73.8 Å². The molecule has 8 aliphatic rings. The molecule has 8 nitrogen and oxygen atoms in total. The minimum Gasteiger partial charge on any atom is -0.487 e. The van der Waals surface area contributed by atoms with Gasteiger partial charge >= 0.3 is 0 Å². The minimum atomic E-state index is 0.137. The third kappa shape index (κ3) is 5.25. The molecule has 4 saturated heterocycles. The molecular formula is C34H40O8. The van der Waals surface area contributed by atoms with Gasteiger partial charge in [0.2, 0.25) is 0 Å². The lowest BCUT2D eigenvalue weighted by molar-refractivity contribution is -0.0283. The van der Waals surface area contributed by atoms with Crippen molar-refractivity contribution in [2.75, 3.05) is 52.9 Å². The van der Waals surface area contributed by atoms with Crippen molar-refractivity contribution in [3.8, 4) is 23.0 Å². The van der Waals surface area contributed by atoms with Gasteiger partial charge < -0.3 is 37.9 Å². The van der Waals surface area contributed by atoms with E-state index < -0.39 is 0 Å². The van der Waals surface area contributed by atoms with Gasteiger partial charge in [0.25, 0.3) is 0 Å². The van der Waals surface area contributed by atoms with E-state index in [1.165, 1.54) is 43.2 Å². The number of ether oxygens (including phenoxy) is 8. The molecule has 0 spiro atoms. The Kier molecular flexibility index (Phi) is 6.18. The lowest BCUT2D eigenvalue weighted by atomic mass is 9.41. The van der Waals surface area contributed by atoms with Crippen LogP contribution in [-0.2, 0) is 29.8 Å². The fourth-order valence-corrected chi connectivity index (χ4v) is 8.47. The molecule has 4 saturated carbocycles. The van der Waals surface area contributed by atoms with E-state index >= 15 is 0 Å². The van der Waals surface area contributed by atoms with Crippen LogP contribution in [0, 0.1) is 11.8 Å². The highest BCUT2D eigenvalue weighted by Crippen LogP contribution is 2.66. The summed E-state index contributed by atoms with van der Waals surface area (Å²) >= 11 is 0. The van der Waals surface area contributed by atoms with Gasteiger partial charge in [0.05, 0.1) is 26.4 Å². The van der Waals surface area contributed by atoms with Crippen LogP contribution in [-0.4, -0.2) is 77.3 Å². The maximum Gasteiger partial charge on any atom is 0.161 e. The summed E-state index contributed by atoms with van der Waals surface area (Å²) in [7, 11) is 0. The molecule has 0 radical (unpaired) electrons. The third-order valence-electron chi connectivity index (χ3n) is 10.5. The molecule has 10 rings (SSSR count). The van der Waals surface area contributed by atoms with Crippen LogP contribution < -0.4 is 18.9 Å². The van der Waals surface area contributed by atoms with E-state index in [1.807, 2.05) is 0 Å². The van der Waals surface area contributed by atoms with E-state index in [1.54, 1.807) is 0 Å². The fourth-order valence-electron chi connectivity index (χ4n) is 8.47. The van der Waals surface area contributed by atoms with Gasteiger partial charge in [-0.15, -0.1) is 0 Å². The SMILES string of the molecule is c1cc(OCC2CO2)c(OCC2CO2)cc1C12CC3CC(C1)CC(c1ccc(OCC4CO4)c(OCC4CO4)c1)(C3)C2. The average molecular weight is 577 g/mol. The molecule has 2 aromatic carbocycles. The van der Waals surface area contributed by atoms with Crippen LogP contribution in [0.2, 0.25) is 0 Å². The summed E-state index contributed by atoms with van der Waals surface area (Å²) in [4.78, 5) is 0. The Morgan fingerprint density at radius 3 is 1.24 bits per heavy atom. The van der Waals surface area contributed by atoms with E-state index in [4.69, 9.17) is 37.9 Å². The number of hydrogen-bond acceptors (Lipinski definition) is 8. The topological polar surface area (TPSA) is 87.0 Å². The van der Waals surface area contributed by atoms with Crippen molar-refractivity contribution in [2.24, 2.45) is 11.8 Å². The maximum atomic E-state index is 6.31. The van der Waals surface area contributed by atoms with Crippen LogP contribution >= 0.6 is 0 Å². The third-order valence-corrected chi connectivity index (χ3v) is 10.5. The first-order valence-electron chi connectivity index (χ1n) is 15.9. The van der Waals surface area contributed by atoms with Crippen LogP contribution in [0.25, 0.3) is 0 Å². The summed E-state index contributed by atoms with van der Waals surface area (Å²) in [5, 5.41) is 0. The zero-order chi connectivity index (χ0) is 27.7. The smallest absolute Gasteiger partial charge is 0.161 e. The molecule has 0 amide bonds. The predicted octanol–water partition coefficient (Wildman–Crippen LogP) is 4.59. The zero-order valence-electron chi connectivity index (χ0n) is 24.1. The molecule has 224 valence electrons. The normalized spacial score (nSPS) is 38.2. The van der Waals surface area contributed by atoms with Crippen molar-refractivity contribution < 1.29 is 37.9 Å². The van der Waals surface area contributed by atoms with Gasteiger partial charge in [-0.2, -0.15) is 0 Å². The van der Waals surface area contributed by atoms with Gasteiger partial charge in [-0.25, -0.2) is 0 Å². The van der Waals surface area contributed by atoms with Crippen molar-refractivity contribution in [3.05, 3.63) is 47.5 Å². The molecule has 42 heavy (non-hydrogen) atoms. The van der Waals surface area contributed by atoms with Crippen molar-refractivity contribution in [1.82, 2.24) is 0 Å². The Bertz CT molecular complexity index is 1220. The first kappa shape index (κ1) is 25.9. The quantitative estimate of drug-likeness (QED) is 0.302. The standard InChI is InChI=1S/C34H40O8/c1-3-29(39-16-25-12-35-25)31(41-18-27-14-37-27)6-23(1)33-8-21-5-22(9-33)11-34(10-21,20-33)24-2-4-30(40-17-26-13-36-26)32(7-24)42-19-28-15-38-28/h1-4,6-7,21-22,25-28H,5,8-20H2. The highest BCUT2D eigenvalue weighted by molar-refractivity contribution is 5.50. The second kappa shape index (κ2) is 10.0.